The lowest BCUT2D eigenvalue weighted by atomic mass is 9.89. The van der Waals surface area contributed by atoms with E-state index in [-0.39, 0.29) is 42.1 Å². The van der Waals surface area contributed by atoms with Gasteiger partial charge in [-0.3, -0.25) is 9.59 Å². The molecule has 184 valence electrons. The van der Waals surface area contributed by atoms with Crippen LogP contribution in [0.4, 0.5) is 13.2 Å². The van der Waals surface area contributed by atoms with Crippen LogP contribution in [0.25, 0.3) is 10.9 Å². The molecule has 2 bridgehead atoms. The van der Waals surface area contributed by atoms with Crippen LogP contribution in [0.15, 0.2) is 46.0 Å². The van der Waals surface area contributed by atoms with Gasteiger partial charge in [0, 0.05) is 29.8 Å². The van der Waals surface area contributed by atoms with Crippen LogP contribution in [0.5, 0.6) is 0 Å². The van der Waals surface area contributed by atoms with Gasteiger partial charge >= 0.3 is 5.69 Å². The van der Waals surface area contributed by atoms with Crippen LogP contribution in [0.2, 0.25) is 0 Å². The van der Waals surface area contributed by atoms with E-state index in [1.165, 1.54) is 12.1 Å². The fraction of sp³-hybridized carbons (Fsp3) is 0.375. The molecule has 11 heteroatoms. The number of hydrogen-bond donors (Lipinski definition) is 3. The van der Waals surface area contributed by atoms with Gasteiger partial charge in [-0.15, -0.1) is 0 Å². The third kappa shape index (κ3) is 4.48. The zero-order chi connectivity index (χ0) is 24.7. The number of ether oxygens (including phenoxy) is 1. The molecule has 0 aliphatic carbocycles. The minimum atomic E-state index is -1.30. The van der Waals surface area contributed by atoms with Crippen molar-refractivity contribution in [3.05, 3.63) is 80.3 Å². The molecule has 2 fully saturated rings. The van der Waals surface area contributed by atoms with Crippen LogP contribution in [0, 0.1) is 17.5 Å². The minimum Gasteiger partial charge on any atom is -0.378 e. The fourth-order valence-corrected chi connectivity index (χ4v) is 5.00. The van der Waals surface area contributed by atoms with Crippen LogP contribution < -0.4 is 21.9 Å². The first-order valence-corrected chi connectivity index (χ1v) is 11.3. The highest BCUT2D eigenvalue weighted by Gasteiger charge is 2.45. The van der Waals surface area contributed by atoms with Gasteiger partial charge < -0.3 is 20.4 Å². The number of nitrogens with one attached hydrogen (secondary N) is 3. The molecule has 0 saturated carbocycles. The van der Waals surface area contributed by atoms with Crippen molar-refractivity contribution in [2.75, 3.05) is 13.2 Å². The number of rotatable bonds is 6. The van der Waals surface area contributed by atoms with Gasteiger partial charge in [0.25, 0.3) is 5.56 Å². The van der Waals surface area contributed by atoms with E-state index in [4.69, 9.17) is 4.74 Å². The van der Waals surface area contributed by atoms with Crippen molar-refractivity contribution < 1.29 is 22.7 Å². The number of carbonyl (C=O) groups is 1. The first kappa shape index (κ1) is 23.3. The maximum Gasteiger partial charge on any atom is 0.329 e. The zero-order valence-corrected chi connectivity index (χ0v) is 18.6. The summed E-state index contributed by atoms with van der Waals surface area (Å²) in [7, 11) is 0. The van der Waals surface area contributed by atoms with Crippen LogP contribution in [0.1, 0.15) is 30.9 Å². The lowest BCUT2D eigenvalue weighted by Crippen LogP contribution is -2.56. The first-order chi connectivity index (χ1) is 16.7. The molecule has 3 atom stereocenters. The Morgan fingerprint density at radius 1 is 1.17 bits per heavy atom. The topological polar surface area (TPSA) is 105 Å². The standard InChI is InChI=1S/C24H23F3N4O4/c25-14-3-4-19-17(7-14)22(33)31(23(34)29-19)20(9-24-6-5-16(30-24)11-35-12-24)21(32)28-10-13-1-2-15(26)8-18(13)27/h1-4,7-8,16,20,30H,5-6,9-12H2,(H,28,32)(H,29,34). The maximum atomic E-state index is 14.1. The van der Waals surface area contributed by atoms with Crippen LogP contribution in [-0.2, 0) is 16.1 Å². The predicted molar refractivity (Wildman–Crippen MR) is 120 cm³/mol. The monoisotopic (exact) mass is 488 g/mol. The average molecular weight is 488 g/mol. The van der Waals surface area contributed by atoms with Gasteiger partial charge in [-0.2, -0.15) is 0 Å². The Hall–Kier alpha value is -3.44. The Bertz CT molecular complexity index is 1420. The number of fused-ring (bicyclic) bond motifs is 3. The Morgan fingerprint density at radius 2 is 1.94 bits per heavy atom. The van der Waals surface area contributed by atoms with Crippen molar-refractivity contribution >= 4 is 16.8 Å². The quantitative estimate of drug-likeness (QED) is 0.492. The molecule has 0 radical (unpaired) electrons. The number of nitrogens with zero attached hydrogens (tertiary/aromatic N) is 1. The van der Waals surface area contributed by atoms with E-state index < -0.39 is 46.2 Å². The third-order valence-electron chi connectivity index (χ3n) is 6.74. The summed E-state index contributed by atoms with van der Waals surface area (Å²) in [5.74, 6) is -2.96. The molecule has 8 nitrogen and oxygen atoms in total. The summed E-state index contributed by atoms with van der Waals surface area (Å²) in [4.78, 5) is 42.2. The molecule has 2 aromatic carbocycles. The Morgan fingerprint density at radius 3 is 2.74 bits per heavy atom. The van der Waals surface area contributed by atoms with Crippen LogP contribution in [0.3, 0.4) is 0 Å². The third-order valence-corrected chi connectivity index (χ3v) is 6.74. The predicted octanol–water partition coefficient (Wildman–Crippen LogP) is 1.88. The summed E-state index contributed by atoms with van der Waals surface area (Å²) in [5, 5.41) is 5.92. The summed E-state index contributed by atoms with van der Waals surface area (Å²) in [6.07, 6.45) is 1.53. The molecule has 3 aromatic rings. The molecule has 3 heterocycles. The highest BCUT2D eigenvalue weighted by atomic mass is 19.1. The van der Waals surface area contributed by atoms with Gasteiger partial charge in [0.15, 0.2) is 0 Å². The molecular weight excluding hydrogens is 465 g/mol. The second-order valence-corrected chi connectivity index (χ2v) is 9.14. The van der Waals surface area contributed by atoms with E-state index in [1.807, 2.05) is 0 Å². The van der Waals surface area contributed by atoms with E-state index >= 15 is 0 Å². The van der Waals surface area contributed by atoms with Gasteiger partial charge in [-0.05, 0) is 43.5 Å². The molecule has 0 spiro atoms. The number of aromatic nitrogens is 2. The molecular formula is C24H23F3N4O4. The molecule has 2 aliphatic rings. The minimum absolute atomic E-state index is 0.0403. The number of benzene rings is 2. The average Bonchev–Trinajstić information content (AvgIpc) is 3.11. The van der Waals surface area contributed by atoms with Crippen LogP contribution in [-0.4, -0.2) is 40.3 Å². The Kier molecular flexibility index (Phi) is 5.97. The molecule has 3 N–H and O–H groups in total. The lowest BCUT2D eigenvalue weighted by molar-refractivity contribution is -0.125. The molecule has 2 saturated heterocycles. The number of carbonyl (C=O) groups excluding carboxylic acids is 1. The van der Waals surface area contributed by atoms with Crippen molar-refractivity contribution in [3.8, 4) is 0 Å². The molecule has 2 aliphatic heterocycles. The number of hydrogen-bond acceptors (Lipinski definition) is 5. The zero-order valence-electron chi connectivity index (χ0n) is 18.6. The maximum absolute atomic E-state index is 14.1. The summed E-state index contributed by atoms with van der Waals surface area (Å²) in [6.45, 7) is 0.531. The highest BCUT2D eigenvalue weighted by Crippen LogP contribution is 2.34. The number of halogens is 3. The molecule has 3 unspecified atom stereocenters. The summed E-state index contributed by atoms with van der Waals surface area (Å²) >= 11 is 0. The molecule has 35 heavy (non-hydrogen) atoms. The molecule has 1 amide bonds. The van der Waals surface area contributed by atoms with Crippen molar-refractivity contribution in [3.63, 3.8) is 0 Å². The summed E-state index contributed by atoms with van der Waals surface area (Å²) in [5.41, 5.74) is -2.11. The number of aromatic amines is 1. The van der Waals surface area contributed by atoms with Crippen molar-refractivity contribution in [2.45, 2.75) is 43.4 Å². The van der Waals surface area contributed by atoms with Gasteiger partial charge in [0.2, 0.25) is 5.91 Å². The Balaban J connectivity index is 1.53. The van der Waals surface area contributed by atoms with E-state index in [1.54, 1.807) is 0 Å². The SMILES string of the molecule is O=C(NCc1ccc(F)cc1F)C(CC12CCC(COC1)N2)n1c(=O)[nH]c2ccc(F)cc2c1=O. The molecule has 1 aromatic heterocycles. The van der Waals surface area contributed by atoms with Gasteiger partial charge in [0.05, 0.1) is 24.1 Å². The normalized spacial score (nSPS) is 22.3. The number of amides is 1. The molecule has 5 rings (SSSR count). The first-order valence-electron chi connectivity index (χ1n) is 11.3. The van der Waals surface area contributed by atoms with Crippen molar-refractivity contribution in [1.82, 2.24) is 20.2 Å². The fourth-order valence-electron chi connectivity index (χ4n) is 5.00. The highest BCUT2D eigenvalue weighted by molar-refractivity contribution is 5.82. The summed E-state index contributed by atoms with van der Waals surface area (Å²) < 4.78 is 47.7. The van der Waals surface area contributed by atoms with E-state index in [0.29, 0.717) is 19.1 Å². The van der Waals surface area contributed by atoms with Gasteiger partial charge in [0.1, 0.15) is 23.5 Å². The van der Waals surface area contributed by atoms with Gasteiger partial charge in [-0.1, -0.05) is 6.07 Å². The second kappa shape index (κ2) is 8.97. The number of morpholine rings is 1. The van der Waals surface area contributed by atoms with E-state index in [9.17, 15) is 27.6 Å². The second-order valence-electron chi connectivity index (χ2n) is 9.14. The van der Waals surface area contributed by atoms with Crippen molar-refractivity contribution in [2.24, 2.45) is 0 Å². The van der Waals surface area contributed by atoms with Crippen molar-refractivity contribution in [1.29, 1.82) is 0 Å². The smallest absolute Gasteiger partial charge is 0.329 e. The van der Waals surface area contributed by atoms with Gasteiger partial charge in [-0.25, -0.2) is 22.5 Å². The lowest BCUT2D eigenvalue weighted by Gasteiger charge is -2.37. The number of H-pyrrole nitrogens is 1. The van der Waals surface area contributed by atoms with E-state index in [0.717, 1.165) is 29.2 Å². The van der Waals surface area contributed by atoms with Crippen LogP contribution >= 0.6 is 0 Å². The largest absolute Gasteiger partial charge is 0.378 e. The van der Waals surface area contributed by atoms with E-state index in [2.05, 4.69) is 15.6 Å². The Labute approximate surface area is 197 Å². The summed E-state index contributed by atoms with van der Waals surface area (Å²) in [6, 6.07) is 5.17.